The first-order valence-corrected chi connectivity index (χ1v) is 6.97. The van der Waals surface area contributed by atoms with Crippen molar-refractivity contribution in [3.63, 3.8) is 0 Å². The van der Waals surface area contributed by atoms with Crippen LogP contribution in [0.25, 0.3) is 11.0 Å². The smallest absolute Gasteiger partial charge is 0.128 e. The molecule has 0 aliphatic rings. The van der Waals surface area contributed by atoms with Gasteiger partial charge in [-0.1, -0.05) is 36.5 Å². The highest BCUT2D eigenvalue weighted by molar-refractivity contribution is 7.80. The van der Waals surface area contributed by atoms with Gasteiger partial charge < -0.3 is 10.3 Å². The largest absolute Gasteiger partial charge is 0.389 e. The number of hydrogen-bond acceptors (Lipinski definition) is 2. The van der Waals surface area contributed by atoms with E-state index >= 15 is 0 Å². The van der Waals surface area contributed by atoms with Crippen molar-refractivity contribution in [1.82, 2.24) is 9.55 Å². The topological polar surface area (TPSA) is 43.8 Å². The third-order valence-electron chi connectivity index (χ3n) is 3.51. The number of rotatable bonds is 3. The summed E-state index contributed by atoms with van der Waals surface area (Å²) in [6, 6.07) is 12.7. The molecular weight excluding hydrogens is 285 g/mol. The molecule has 106 valence electrons. The standard InChI is InChI=1S/C16H14FN3S/c1-10-19-14-4-2-3-5-15(14)20(10)9-12-7-6-11(16(18)21)8-13(12)17/h2-8H,9H2,1H3,(H2,18,21). The molecule has 0 fully saturated rings. The first-order chi connectivity index (χ1) is 10.1. The number of thiocarbonyl (C=S) groups is 1. The van der Waals surface area contributed by atoms with Crippen LogP contribution in [0.2, 0.25) is 0 Å². The van der Waals surface area contributed by atoms with Crippen LogP contribution >= 0.6 is 12.2 Å². The van der Waals surface area contributed by atoms with Crippen molar-refractivity contribution < 1.29 is 4.39 Å². The van der Waals surface area contributed by atoms with Gasteiger partial charge in [-0.25, -0.2) is 9.37 Å². The molecule has 0 spiro atoms. The number of fused-ring (bicyclic) bond motifs is 1. The second-order valence-electron chi connectivity index (χ2n) is 4.90. The van der Waals surface area contributed by atoms with Crippen LogP contribution in [0.4, 0.5) is 4.39 Å². The molecule has 0 atom stereocenters. The molecule has 0 bridgehead atoms. The number of nitrogens with zero attached hydrogens (tertiary/aromatic N) is 2. The van der Waals surface area contributed by atoms with Gasteiger partial charge in [0.1, 0.15) is 16.6 Å². The van der Waals surface area contributed by atoms with Gasteiger partial charge in [-0.2, -0.15) is 0 Å². The fourth-order valence-electron chi connectivity index (χ4n) is 2.39. The fraction of sp³-hybridized carbons (Fsp3) is 0.125. The molecule has 3 rings (SSSR count). The Morgan fingerprint density at radius 2 is 2.05 bits per heavy atom. The molecule has 0 saturated heterocycles. The molecule has 0 unspecified atom stereocenters. The molecule has 21 heavy (non-hydrogen) atoms. The van der Waals surface area contributed by atoms with Crippen LogP contribution in [0.15, 0.2) is 42.5 Å². The Kier molecular flexibility index (Phi) is 3.43. The van der Waals surface area contributed by atoms with Gasteiger partial charge in [0, 0.05) is 11.1 Å². The van der Waals surface area contributed by atoms with Gasteiger partial charge in [-0.3, -0.25) is 0 Å². The number of halogens is 1. The monoisotopic (exact) mass is 299 g/mol. The van der Waals surface area contributed by atoms with E-state index in [-0.39, 0.29) is 10.8 Å². The molecule has 0 radical (unpaired) electrons. The average molecular weight is 299 g/mol. The Morgan fingerprint density at radius 3 is 2.76 bits per heavy atom. The number of nitrogens with two attached hydrogens (primary N) is 1. The Hall–Kier alpha value is -2.27. The van der Waals surface area contributed by atoms with E-state index in [1.165, 1.54) is 6.07 Å². The SMILES string of the molecule is Cc1nc2ccccc2n1Cc1ccc(C(N)=S)cc1F. The molecule has 3 aromatic rings. The Bertz CT molecular complexity index is 839. The van der Waals surface area contributed by atoms with Crippen LogP contribution in [-0.4, -0.2) is 14.5 Å². The maximum Gasteiger partial charge on any atom is 0.128 e. The highest BCUT2D eigenvalue weighted by Crippen LogP contribution is 2.19. The van der Waals surface area contributed by atoms with Crippen LogP contribution < -0.4 is 5.73 Å². The first kappa shape index (κ1) is 13.7. The summed E-state index contributed by atoms with van der Waals surface area (Å²) in [5.41, 5.74) is 8.55. The minimum absolute atomic E-state index is 0.199. The molecule has 1 heterocycles. The number of hydrogen-bond donors (Lipinski definition) is 1. The molecule has 1 aromatic heterocycles. The number of aromatic nitrogens is 2. The van der Waals surface area contributed by atoms with Crippen molar-refractivity contribution in [2.45, 2.75) is 13.5 Å². The molecule has 3 nitrogen and oxygen atoms in total. The van der Waals surface area contributed by atoms with Crippen molar-refractivity contribution >= 4 is 28.2 Å². The Balaban J connectivity index is 2.03. The van der Waals surface area contributed by atoms with Crippen LogP contribution in [0, 0.1) is 12.7 Å². The summed E-state index contributed by atoms with van der Waals surface area (Å²) in [5.74, 6) is 0.548. The zero-order valence-electron chi connectivity index (χ0n) is 11.5. The van der Waals surface area contributed by atoms with Crippen LogP contribution in [0.1, 0.15) is 17.0 Å². The van der Waals surface area contributed by atoms with Crippen LogP contribution in [0.3, 0.4) is 0 Å². The van der Waals surface area contributed by atoms with E-state index in [1.54, 1.807) is 12.1 Å². The van der Waals surface area contributed by atoms with E-state index in [0.29, 0.717) is 17.7 Å². The van der Waals surface area contributed by atoms with Crippen molar-refractivity contribution in [1.29, 1.82) is 0 Å². The van der Waals surface area contributed by atoms with Gasteiger partial charge in [-0.15, -0.1) is 0 Å². The lowest BCUT2D eigenvalue weighted by atomic mass is 10.1. The van der Waals surface area contributed by atoms with Gasteiger partial charge in [0.05, 0.1) is 17.6 Å². The quantitative estimate of drug-likeness (QED) is 0.756. The molecule has 0 amide bonds. The summed E-state index contributed by atoms with van der Waals surface area (Å²) in [6.45, 7) is 2.34. The van der Waals surface area contributed by atoms with Gasteiger partial charge in [0.15, 0.2) is 0 Å². The summed E-state index contributed by atoms with van der Waals surface area (Å²) < 4.78 is 16.2. The van der Waals surface area contributed by atoms with E-state index in [0.717, 1.165) is 16.9 Å². The maximum absolute atomic E-state index is 14.2. The Labute approximate surface area is 127 Å². The summed E-state index contributed by atoms with van der Waals surface area (Å²) in [6.07, 6.45) is 0. The normalized spacial score (nSPS) is 11.0. The molecule has 0 aliphatic carbocycles. The lowest BCUT2D eigenvalue weighted by molar-refractivity contribution is 0.599. The van der Waals surface area contributed by atoms with Crippen molar-refractivity contribution in [3.05, 3.63) is 65.2 Å². The lowest BCUT2D eigenvalue weighted by Gasteiger charge is -2.09. The molecule has 2 aromatic carbocycles. The van der Waals surface area contributed by atoms with E-state index in [4.69, 9.17) is 18.0 Å². The lowest BCUT2D eigenvalue weighted by Crippen LogP contribution is -2.11. The van der Waals surface area contributed by atoms with E-state index in [2.05, 4.69) is 4.98 Å². The summed E-state index contributed by atoms with van der Waals surface area (Å²) in [7, 11) is 0. The zero-order valence-corrected chi connectivity index (χ0v) is 12.3. The van der Waals surface area contributed by atoms with Crippen molar-refractivity contribution in [3.8, 4) is 0 Å². The molecule has 2 N–H and O–H groups in total. The third kappa shape index (κ3) is 2.52. The first-order valence-electron chi connectivity index (χ1n) is 6.56. The highest BCUT2D eigenvalue weighted by atomic mass is 32.1. The van der Waals surface area contributed by atoms with Crippen LogP contribution in [-0.2, 0) is 6.54 Å². The second kappa shape index (κ2) is 5.26. The molecule has 0 saturated carbocycles. The second-order valence-corrected chi connectivity index (χ2v) is 5.34. The van der Waals surface area contributed by atoms with E-state index in [9.17, 15) is 4.39 Å². The van der Waals surface area contributed by atoms with Crippen molar-refractivity contribution in [2.75, 3.05) is 0 Å². The average Bonchev–Trinajstić information content (AvgIpc) is 2.77. The Morgan fingerprint density at radius 1 is 1.29 bits per heavy atom. The number of para-hydroxylation sites is 2. The van der Waals surface area contributed by atoms with Crippen LogP contribution in [0.5, 0.6) is 0 Å². The number of benzene rings is 2. The molecular formula is C16H14FN3S. The van der Waals surface area contributed by atoms with Gasteiger partial charge in [-0.05, 0) is 25.1 Å². The molecule has 5 heteroatoms. The third-order valence-corrected chi connectivity index (χ3v) is 3.75. The summed E-state index contributed by atoms with van der Waals surface area (Å²) in [5, 5.41) is 0. The zero-order chi connectivity index (χ0) is 15.0. The molecule has 0 aliphatic heterocycles. The van der Waals surface area contributed by atoms with Gasteiger partial charge >= 0.3 is 0 Å². The number of imidazole rings is 1. The fourth-order valence-corrected chi connectivity index (χ4v) is 2.52. The predicted octanol–water partition coefficient (Wildman–Crippen LogP) is 3.17. The van der Waals surface area contributed by atoms with E-state index in [1.807, 2.05) is 35.8 Å². The van der Waals surface area contributed by atoms with Gasteiger partial charge in [0.25, 0.3) is 0 Å². The summed E-state index contributed by atoms with van der Waals surface area (Å²) >= 11 is 4.86. The summed E-state index contributed by atoms with van der Waals surface area (Å²) in [4.78, 5) is 4.68. The van der Waals surface area contributed by atoms with Crippen molar-refractivity contribution in [2.24, 2.45) is 5.73 Å². The van der Waals surface area contributed by atoms with Gasteiger partial charge in [0.2, 0.25) is 0 Å². The maximum atomic E-state index is 14.2. The highest BCUT2D eigenvalue weighted by Gasteiger charge is 2.10. The minimum Gasteiger partial charge on any atom is -0.389 e. The predicted molar refractivity (Wildman–Crippen MR) is 85.9 cm³/mol. The number of aryl methyl sites for hydroxylation is 1. The van der Waals surface area contributed by atoms with E-state index < -0.39 is 0 Å². The minimum atomic E-state index is -0.308.